The number of anilines is 1. The zero-order valence-electron chi connectivity index (χ0n) is 25.6. The molecular formula is C35H28F4N4O4S. The lowest BCUT2D eigenvalue weighted by atomic mass is 10.0. The molecule has 1 heterocycles. The van der Waals surface area contributed by atoms with Crippen LogP contribution in [0.1, 0.15) is 37.4 Å². The lowest BCUT2D eigenvalue weighted by molar-refractivity contribution is -0.120. The molecule has 5 rings (SSSR count). The molecule has 48 heavy (non-hydrogen) atoms. The molecule has 1 aromatic heterocycles. The zero-order chi connectivity index (χ0) is 34.5. The number of nitrogens with zero attached hydrogens (tertiary/aromatic N) is 2. The van der Waals surface area contributed by atoms with Crippen molar-refractivity contribution in [2.24, 2.45) is 0 Å². The van der Waals surface area contributed by atoms with Gasteiger partial charge in [-0.25, -0.2) is 22.5 Å². The number of aldehydes is 1. The second-order valence-electron chi connectivity index (χ2n) is 11.2. The van der Waals surface area contributed by atoms with Crippen LogP contribution in [-0.4, -0.2) is 48.1 Å². The lowest BCUT2D eigenvalue weighted by Gasteiger charge is -2.25. The Bertz CT molecular complexity index is 2000. The first-order valence-electron chi connectivity index (χ1n) is 14.6. The average molecular weight is 677 g/mol. The molecule has 0 aliphatic rings. The molecule has 8 nitrogen and oxygen atoms in total. The van der Waals surface area contributed by atoms with Gasteiger partial charge in [-0.1, -0.05) is 0 Å². The molecule has 0 saturated carbocycles. The van der Waals surface area contributed by atoms with Crippen LogP contribution in [0.15, 0.2) is 78.3 Å². The Morgan fingerprint density at radius 2 is 1.35 bits per heavy atom. The highest BCUT2D eigenvalue weighted by Gasteiger charge is 2.27. The number of aromatic nitrogens is 1. The Kier molecular flexibility index (Phi) is 10.3. The van der Waals surface area contributed by atoms with Gasteiger partial charge < -0.3 is 20.3 Å². The maximum Gasteiger partial charge on any atom is 0.251 e. The third-order valence-electron chi connectivity index (χ3n) is 7.46. The molecule has 5 aromatic rings. The maximum absolute atomic E-state index is 14.1. The third-order valence-corrected chi connectivity index (χ3v) is 8.27. The van der Waals surface area contributed by atoms with Crippen LogP contribution in [0.4, 0.5) is 23.2 Å². The van der Waals surface area contributed by atoms with Crippen LogP contribution >= 0.6 is 11.3 Å². The van der Waals surface area contributed by atoms with E-state index in [1.807, 2.05) is 0 Å². The van der Waals surface area contributed by atoms with Gasteiger partial charge in [-0.15, -0.1) is 11.3 Å². The molecule has 13 heteroatoms. The van der Waals surface area contributed by atoms with E-state index in [9.17, 15) is 36.7 Å². The topological polar surface area (TPSA) is 108 Å². The number of thiazole rings is 1. The smallest absolute Gasteiger partial charge is 0.251 e. The Morgan fingerprint density at radius 3 is 1.94 bits per heavy atom. The van der Waals surface area contributed by atoms with Crippen molar-refractivity contribution >= 4 is 51.2 Å². The first kappa shape index (κ1) is 33.9. The molecule has 0 aliphatic heterocycles. The Labute approximate surface area is 276 Å². The Hall–Kier alpha value is -5.43. The lowest BCUT2D eigenvalue weighted by Crippen LogP contribution is -2.49. The normalized spacial score (nSPS) is 12.3. The Balaban J connectivity index is 1.38. The summed E-state index contributed by atoms with van der Waals surface area (Å²) >= 11 is 1.43. The average Bonchev–Trinajstić information content (AvgIpc) is 3.50. The number of carbonyl (C=O) groups excluding carboxylic acids is 4. The fourth-order valence-corrected chi connectivity index (χ4v) is 5.89. The van der Waals surface area contributed by atoms with Crippen LogP contribution in [0, 0.1) is 30.2 Å². The SMILES string of the molecule is Cc1cc(C(=O)N[C@H](C=O)Cc2cc(F)cc(F)c2)cc(C(=O)N[C@@H](Cc2cc(F)cc(F)c2)C(=O)N(C)c2ccc3scnc3c2)c1. The van der Waals surface area contributed by atoms with Crippen LogP contribution in [0.5, 0.6) is 0 Å². The molecule has 2 atom stereocenters. The van der Waals surface area contributed by atoms with Gasteiger partial charge in [0.05, 0.1) is 21.8 Å². The van der Waals surface area contributed by atoms with Crippen LogP contribution in [-0.2, 0) is 22.4 Å². The highest BCUT2D eigenvalue weighted by molar-refractivity contribution is 7.16. The molecular weight excluding hydrogens is 648 g/mol. The van der Waals surface area contributed by atoms with Crippen LogP contribution in [0.2, 0.25) is 0 Å². The number of benzene rings is 4. The number of hydrogen-bond donors (Lipinski definition) is 2. The molecule has 0 aliphatic carbocycles. The molecule has 0 unspecified atom stereocenters. The second kappa shape index (κ2) is 14.6. The zero-order valence-corrected chi connectivity index (χ0v) is 26.4. The van der Waals surface area contributed by atoms with E-state index in [-0.39, 0.29) is 35.1 Å². The number of likely N-dealkylation sites (N-methyl/N-ethyl adjacent to an activating group) is 1. The Morgan fingerprint density at radius 1 is 0.792 bits per heavy atom. The molecule has 0 saturated heterocycles. The summed E-state index contributed by atoms with van der Waals surface area (Å²) in [7, 11) is 1.50. The van der Waals surface area contributed by atoms with Crippen molar-refractivity contribution in [2.75, 3.05) is 11.9 Å². The van der Waals surface area contributed by atoms with Gasteiger partial charge in [-0.05, 0) is 90.7 Å². The van der Waals surface area contributed by atoms with E-state index >= 15 is 0 Å². The quantitative estimate of drug-likeness (QED) is 0.138. The molecule has 0 bridgehead atoms. The van der Waals surface area contributed by atoms with E-state index in [1.165, 1.54) is 41.5 Å². The number of carbonyl (C=O) groups is 4. The second-order valence-corrected chi connectivity index (χ2v) is 12.1. The van der Waals surface area contributed by atoms with Crippen LogP contribution in [0.25, 0.3) is 10.2 Å². The minimum Gasteiger partial charge on any atom is -0.342 e. The summed E-state index contributed by atoms with van der Waals surface area (Å²) in [5.41, 5.74) is 3.56. The molecule has 0 spiro atoms. The predicted octanol–water partition coefficient (Wildman–Crippen LogP) is 5.71. The molecule has 3 amide bonds. The standard InChI is InChI=1S/C35H28F4N4O4S/c1-19-5-22(33(45)41-28(17-44)11-20-7-24(36)14-25(37)8-20)13-23(6-19)34(46)42-31(12-21-9-26(38)15-27(39)10-21)35(47)43(2)29-3-4-32-30(16-29)40-18-48-32/h3-10,13-18,28,31H,11-12H2,1-2H3,(H,41,45)(H,42,46)/t28-,31-/m0/s1. The van der Waals surface area contributed by atoms with Gasteiger partial charge in [-0.3, -0.25) is 14.4 Å². The van der Waals surface area contributed by atoms with Crippen molar-refractivity contribution in [3.05, 3.63) is 129 Å². The van der Waals surface area contributed by atoms with E-state index in [2.05, 4.69) is 15.6 Å². The number of hydrogen-bond acceptors (Lipinski definition) is 6. The highest BCUT2D eigenvalue weighted by Crippen LogP contribution is 2.24. The van der Waals surface area contributed by atoms with Crippen molar-refractivity contribution in [2.45, 2.75) is 31.8 Å². The van der Waals surface area contributed by atoms with Gasteiger partial charge >= 0.3 is 0 Å². The van der Waals surface area contributed by atoms with Crippen molar-refractivity contribution < 1.29 is 36.7 Å². The molecule has 0 fully saturated rings. The fourth-order valence-electron chi connectivity index (χ4n) is 5.23. The minimum absolute atomic E-state index is 0.00110. The van der Waals surface area contributed by atoms with E-state index in [4.69, 9.17) is 0 Å². The summed E-state index contributed by atoms with van der Waals surface area (Å²) in [6.07, 6.45) is -0.0157. The number of nitrogens with one attached hydrogen (secondary N) is 2. The van der Waals surface area contributed by atoms with Crippen LogP contribution in [0.3, 0.4) is 0 Å². The summed E-state index contributed by atoms with van der Waals surface area (Å²) in [5, 5.41) is 5.13. The number of amides is 3. The van der Waals surface area contributed by atoms with Gasteiger partial charge in [0.25, 0.3) is 11.8 Å². The molecule has 4 aromatic carbocycles. The van der Waals surface area contributed by atoms with Crippen molar-refractivity contribution in [1.29, 1.82) is 0 Å². The molecule has 0 radical (unpaired) electrons. The number of rotatable bonds is 11. The minimum atomic E-state index is -1.29. The van der Waals surface area contributed by atoms with Crippen molar-refractivity contribution in [3.63, 3.8) is 0 Å². The maximum atomic E-state index is 14.1. The van der Waals surface area contributed by atoms with Gasteiger partial charge in [0.1, 0.15) is 35.6 Å². The van der Waals surface area contributed by atoms with Gasteiger partial charge in [-0.2, -0.15) is 0 Å². The molecule has 246 valence electrons. The fraction of sp³-hybridized carbons (Fsp3) is 0.171. The summed E-state index contributed by atoms with van der Waals surface area (Å²) in [4.78, 5) is 57.8. The van der Waals surface area contributed by atoms with E-state index in [1.54, 1.807) is 30.6 Å². The monoisotopic (exact) mass is 676 g/mol. The first-order chi connectivity index (χ1) is 22.9. The van der Waals surface area contributed by atoms with Crippen molar-refractivity contribution in [3.8, 4) is 0 Å². The summed E-state index contributed by atoms with van der Waals surface area (Å²) in [5.74, 6) is -5.44. The van der Waals surface area contributed by atoms with E-state index < -0.39 is 53.1 Å². The third kappa shape index (κ3) is 8.28. The van der Waals surface area contributed by atoms with Gasteiger partial charge in [0.2, 0.25) is 5.91 Å². The van der Waals surface area contributed by atoms with E-state index in [0.717, 1.165) is 29.0 Å². The summed E-state index contributed by atoms with van der Waals surface area (Å²) < 4.78 is 56.3. The largest absolute Gasteiger partial charge is 0.342 e. The van der Waals surface area contributed by atoms with E-state index in [0.29, 0.717) is 35.2 Å². The predicted molar refractivity (Wildman–Crippen MR) is 173 cm³/mol. The number of fused-ring (bicyclic) bond motifs is 1. The summed E-state index contributed by atoms with van der Waals surface area (Å²) in [6, 6.07) is 12.6. The summed E-state index contributed by atoms with van der Waals surface area (Å²) in [6.45, 7) is 1.63. The van der Waals surface area contributed by atoms with Crippen molar-refractivity contribution in [1.82, 2.24) is 15.6 Å². The first-order valence-corrected chi connectivity index (χ1v) is 15.5. The molecule has 2 N–H and O–H groups in total. The van der Waals surface area contributed by atoms with Gasteiger partial charge in [0.15, 0.2) is 0 Å². The number of aryl methyl sites for hydroxylation is 1. The highest BCUT2D eigenvalue weighted by atomic mass is 32.1. The number of halogens is 4. The van der Waals surface area contributed by atoms with Gasteiger partial charge in [0, 0.05) is 42.4 Å². The van der Waals surface area contributed by atoms with Crippen LogP contribution < -0.4 is 15.5 Å².